The van der Waals surface area contributed by atoms with Gasteiger partial charge in [0.1, 0.15) is 28.2 Å². The van der Waals surface area contributed by atoms with Gasteiger partial charge in [-0.25, -0.2) is 9.07 Å². The van der Waals surface area contributed by atoms with Crippen LogP contribution in [0.2, 0.25) is 0 Å². The summed E-state index contributed by atoms with van der Waals surface area (Å²) in [6.07, 6.45) is 3.76. The second-order valence-corrected chi connectivity index (χ2v) is 11.4. The van der Waals surface area contributed by atoms with Crippen LogP contribution in [-0.2, 0) is 11.4 Å². The van der Waals surface area contributed by atoms with E-state index < -0.39 is 0 Å². The van der Waals surface area contributed by atoms with Crippen molar-refractivity contribution < 1.29 is 13.9 Å². The molecule has 5 nitrogen and oxygen atoms in total. The maximum atomic E-state index is 14.1. The lowest BCUT2D eigenvalue weighted by molar-refractivity contribution is -0.123. The molecule has 1 atom stereocenters. The Balaban J connectivity index is 1.34. The van der Waals surface area contributed by atoms with Gasteiger partial charge in [-0.1, -0.05) is 103 Å². The van der Waals surface area contributed by atoms with Gasteiger partial charge in [0.2, 0.25) is 0 Å². The summed E-state index contributed by atoms with van der Waals surface area (Å²) in [7, 11) is 0. The number of aromatic nitrogens is 2. The lowest BCUT2D eigenvalue weighted by Crippen LogP contribution is -2.30. The summed E-state index contributed by atoms with van der Waals surface area (Å²) in [4.78, 5) is 15.8. The zero-order chi connectivity index (χ0) is 29.1. The normalized spacial score (nSPS) is 14.9. The van der Waals surface area contributed by atoms with Gasteiger partial charge < -0.3 is 4.74 Å². The Morgan fingerprint density at radius 2 is 1.67 bits per heavy atom. The lowest BCUT2D eigenvalue weighted by atomic mass is 10.1. The van der Waals surface area contributed by atoms with Gasteiger partial charge in [-0.3, -0.25) is 9.69 Å². The lowest BCUT2D eigenvalue weighted by Gasteiger charge is -2.23. The molecule has 6 rings (SSSR count). The molecule has 42 heavy (non-hydrogen) atoms. The molecule has 0 bridgehead atoms. The molecule has 2 heterocycles. The van der Waals surface area contributed by atoms with Crippen LogP contribution >= 0.6 is 24.0 Å². The molecular weight excluding hydrogens is 566 g/mol. The molecule has 1 unspecified atom stereocenters. The van der Waals surface area contributed by atoms with Crippen LogP contribution in [0.15, 0.2) is 120 Å². The highest BCUT2D eigenvalue weighted by atomic mass is 32.2. The quantitative estimate of drug-likeness (QED) is 0.134. The molecule has 0 saturated carbocycles. The number of hydrogen-bond acceptors (Lipinski definition) is 5. The zero-order valence-electron chi connectivity index (χ0n) is 22.7. The highest BCUT2D eigenvalue weighted by Crippen LogP contribution is 2.39. The van der Waals surface area contributed by atoms with Crippen molar-refractivity contribution in [1.29, 1.82) is 0 Å². The van der Waals surface area contributed by atoms with Crippen LogP contribution in [0, 0.1) is 5.82 Å². The Morgan fingerprint density at radius 1 is 0.952 bits per heavy atom. The first kappa shape index (κ1) is 27.6. The first-order valence-corrected chi connectivity index (χ1v) is 14.6. The fourth-order valence-corrected chi connectivity index (χ4v) is 6.18. The number of benzene rings is 4. The van der Waals surface area contributed by atoms with Gasteiger partial charge in [0, 0.05) is 22.9 Å². The summed E-state index contributed by atoms with van der Waals surface area (Å²) in [5.41, 5.74) is 4.61. The number of hydrogen-bond donors (Lipinski definition) is 0. The highest BCUT2D eigenvalue weighted by molar-refractivity contribution is 8.26. The van der Waals surface area contributed by atoms with E-state index >= 15 is 0 Å². The predicted molar refractivity (Wildman–Crippen MR) is 170 cm³/mol. The maximum Gasteiger partial charge on any atom is 0.266 e. The van der Waals surface area contributed by atoms with Gasteiger partial charge in [0.15, 0.2) is 0 Å². The van der Waals surface area contributed by atoms with Crippen LogP contribution in [0.5, 0.6) is 5.75 Å². The molecule has 1 amide bonds. The second-order valence-electron chi connectivity index (χ2n) is 9.76. The van der Waals surface area contributed by atoms with E-state index in [9.17, 15) is 9.18 Å². The zero-order valence-corrected chi connectivity index (χ0v) is 24.3. The van der Waals surface area contributed by atoms with E-state index in [0.29, 0.717) is 26.2 Å². The maximum absolute atomic E-state index is 14.1. The topological polar surface area (TPSA) is 47.4 Å². The van der Waals surface area contributed by atoms with Gasteiger partial charge in [-0.05, 0) is 48.9 Å². The molecule has 4 aromatic carbocycles. The fourth-order valence-electron chi connectivity index (χ4n) is 4.78. The van der Waals surface area contributed by atoms with Crippen molar-refractivity contribution in [3.05, 3.63) is 143 Å². The highest BCUT2D eigenvalue weighted by Gasteiger charge is 2.36. The molecule has 1 aromatic heterocycles. The van der Waals surface area contributed by atoms with Gasteiger partial charge in [0.05, 0.1) is 16.6 Å². The monoisotopic (exact) mass is 591 g/mol. The molecule has 1 fully saturated rings. The number of carbonyl (C=O) groups excluding carboxylic acids is 1. The van der Waals surface area contributed by atoms with E-state index in [1.54, 1.807) is 27.8 Å². The standard InChI is InChI=1S/C34H26FN3O2S2/c1-23(24-11-4-2-5-12-24)38-33(39)31(42-34(38)41)20-27-21-37(28-15-6-3-7-16-28)36-32(27)25-14-10-17-29(19-25)40-22-26-13-8-9-18-30(26)35/h2-21,23H,22H2,1H3/b31-20-. The Morgan fingerprint density at radius 3 is 2.43 bits per heavy atom. The minimum atomic E-state index is -0.309. The Kier molecular flexibility index (Phi) is 7.99. The van der Waals surface area contributed by atoms with E-state index in [1.165, 1.54) is 17.8 Å². The van der Waals surface area contributed by atoms with Crippen LogP contribution in [0.3, 0.4) is 0 Å². The number of halogens is 1. The van der Waals surface area contributed by atoms with Crippen LogP contribution in [0.25, 0.3) is 23.0 Å². The summed E-state index contributed by atoms with van der Waals surface area (Å²) >= 11 is 6.94. The number of para-hydroxylation sites is 1. The summed E-state index contributed by atoms with van der Waals surface area (Å²) in [6.45, 7) is 2.08. The molecule has 8 heteroatoms. The number of amides is 1. The van der Waals surface area contributed by atoms with Gasteiger partial charge in [0.25, 0.3) is 5.91 Å². The van der Waals surface area contributed by atoms with Crippen molar-refractivity contribution >= 4 is 40.3 Å². The third-order valence-corrected chi connectivity index (χ3v) is 8.33. The molecule has 0 radical (unpaired) electrons. The summed E-state index contributed by atoms with van der Waals surface area (Å²) in [5.74, 6) is 0.136. The molecule has 0 spiro atoms. The molecule has 1 aliphatic heterocycles. The molecule has 5 aromatic rings. The third kappa shape index (κ3) is 5.77. The first-order chi connectivity index (χ1) is 20.5. The minimum absolute atomic E-state index is 0.101. The third-order valence-electron chi connectivity index (χ3n) is 7.00. The first-order valence-electron chi connectivity index (χ1n) is 13.4. The van der Waals surface area contributed by atoms with E-state index in [1.807, 2.05) is 104 Å². The number of thioether (sulfide) groups is 1. The Hall–Kier alpha value is -4.53. The molecule has 0 aliphatic carbocycles. The molecular formula is C34H26FN3O2S2. The van der Waals surface area contributed by atoms with E-state index in [0.717, 1.165) is 22.4 Å². The predicted octanol–water partition coefficient (Wildman–Crippen LogP) is 8.22. The number of carbonyl (C=O) groups is 1. The van der Waals surface area contributed by atoms with Crippen molar-refractivity contribution in [2.24, 2.45) is 0 Å². The summed E-state index contributed by atoms with van der Waals surface area (Å²) < 4.78 is 22.4. The molecule has 1 aliphatic rings. The Labute approximate surface area is 253 Å². The van der Waals surface area contributed by atoms with Gasteiger partial charge in [-0.15, -0.1) is 0 Å². The number of ether oxygens (including phenoxy) is 1. The van der Waals surface area contributed by atoms with Crippen LogP contribution in [0.1, 0.15) is 29.7 Å². The van der Waals surface area contributed by atoms with Crippen molar-refractivity contribution in [2.75, 3.05) is 0 Å². The average molecular weight is 592 g/mol. The van der Waals surface area contributed by atoms with Crippen LogP contribution < -0.4 is 4.74 Å². The van der Waals surface area contributed by atoms with Crippen molar-refractivity contribution in [2.45, 2.75) is 19.6 Å². The van der Waals surface area contributed by atoms with Crippen molar-refractivity contribution in [3.8, 4) is 22.7 Å². The van der Waals surface area contributed by atoms with E-state index in [4.69, 9.17) is 22.1 Å². The molecule has 1 saturated heterocycles. The van der Waals surface area contributed by atoms with Gasteiger partial charge >= 0.3 is 0 Å². The number of rotatable bonds is 8. The van der Waals surface area contributed by atoms with Gasteiger partial charge in [-0.2, -0.15) is 5.10 Å². The van der Waals surface area contributed by atoms with Crippen molar-refractivity contribution in [3.63, 3.8) is 0 Å². The molecule has 0 N–H and O–H groups in total. The summed E-state index contributed by atoms with van der Waals surface area (Å²) in [6, 6.07) is 33.5. The van der Waals surface area contributed by atoms with E-state index in [-0.39, 0.29) is 24.4 Å². The Bertz CT molecular complexity index is 1790. The van der Waals surface area contributed by atoms with Crippen LogP contribution in [-0.4, -0.2) is 24.9 Å². The number of nitrogens with zero attached hydrogens (tertiary/aromatic N) is 3. The summed E-state index contributed by atoms with van der Waals surface area (Å²) in [5, 5.41) is 4.90. The van der Waals surface area contributed by atoms with Crippen LogP contribution in [0.4, 0.5) is 4.39 Å². The minimum Gasteiger partial charge on any atom is -0.489 e. The number of thiocarbonyl (C=S) groups is 1. The fraction of sp³-hybridized carbons (Fsp3) is 0.0882. The average Bonchev–Trinajstić information content (AvgIpc) is 3.57. The van der Waals surface area contributed by atoms with Crippen molar-refractivity contribution in [1.82, 2.24) is 14.7 Å². The van der Waals surface area contributed by atoms with E-state index in [2.05, 4.69) is 0 Å². The molecule has 208 valence electrons. The smallest absolute Gasteiger partial charge is 0.266 e. The largest absolute Gasteiger partial charge is 0.489 e. The second kappa shape index (κ2) is 12.1. The SMILES string of the molecule is CC(c1ccccc1)N1C(=O)/C(=C/c2cn(-c3ccccc3)nc2-c2cccc(OCc3ccccc3F)c2)SC1=S.